The number of nitrogens with zero attached hydrogens (tertiary/aromatic N) is 6. The van der Waals surface area contributed by atoms with Crippen molar-refractivity contribution in [2.45, 2.75) is 64.8 Å². The number of piperazine rings is 1. The Hall–Kier alpha value is -4.04. The van der Waals surface area contributed by atoms with Gasteiger partial charge in [0.25, 0.3) is 0 Å². The number of piperidine rings is 1. The van der Waals surface area contributed by atoms with Gasteiger partial charge in [-0.2, -0.15) is 5.26 Å². The summed E-state index contributed by atoms with van der Waals surface area (Å²) in [5.74, 6) is 0.569. The molecule has 2 fully saturated rings. The van der Waals surface area contributed by atoms with Crippen molar-refractivity contribution in [3.8, 4) is 6.07 Å². The summed E-state index contributed by atoms with van der Waals surface area (Å²) in [4.78, 5) is 38.7. The minimum atomic E-state index is -0.561. The molecule has 1 aromatic heterocycles. The zero-order chi connectivity index (χ0) is 30.6. The summed E-state index contributed by atoms with van der Waals surface area (Å²) in [5, 5.41) is 14.0. The molecule has 0 saturated carbocycles. The van der Waals surface area contributed by atoms with Crippen molar-refractivity contribution in [1.82, 2.24) is 19.7 Å². The Bertz CT molecular complexity index is 1340. The molecule has 230 valence electrons. The lowest BCUT2D eigenvalue weighted by molar-refractivity contribution is 0.0240. The molecule has 5 rings (SSSR count). The second-order valence-electron chi connectivity index (χ2n) is 12.6. The molecule has 2 aromatic rings. The number of benzene rings is 1. The van der Waals surface area contributed by atoms with Crippen LogP contribution in [0.1, 0.15) is 56.0 Å². The molecule has 11 heteroatoms. The molecule has 3 aliphatic rings. The van der Waals surface area contributed by atoms with Crippen LogP contribution in [0.25, 0.3) is 0 Å². The average Bonchev–Trinajstić information content (AvgIpc) is 2.99. The predicted octanol–water partition coefficient (Wildman–Crippen LogP) is 4.21. The van der Waals surface area contributed by atoms with Crippen LogP contribution in [0.15, 0.2) is 30.3 Å². The van der Waals surface area contributed by atoms with E-state index in [1.807, 2.05) is 51.1 Å². The highest BCUT2D eigenvalue weighted by Gasteiger charge is 2.33. The van der Waals surface area contributed by atoms with Crippen molar-refractivity contribution < 1.29 is 19.1 Å². The highest BCUT2D eigenvalue weighted by atomic mass is 16.6. The van der Waals surface area contributed by atoms with Gasteiger partial charge in [-0.3, -0.25) is 0 Å². The van der Waals surface area contributed by atoms with E-state index in [1.54, 1.807) is 9.80 Å². The average molecular weight is 590 g/mol. The van der Waals surface area contributed by atoms with Gasteiger partial charge in [-0.25, -0.2) is 14.6 Å². The first-order chi connectivity index (χ1) is 20.6. The Morgan fingerprint density at radius 2 is 1.70 bits per heavy atom. The fraction of sp³-hybridized carbons (Fsp3) is 0.562. The number of hydrogen-bond donors (Lipinski definition) is 1. The molecule has 0 atom stereocenters. The van der Waals surface area contributed by atoms with Crippen LogP contribution in [-0.4, -0.2) is 96.4 Å². The third-order valence-corrected chi connectivity index (χ3v) is 8.21. The maximum Gasteiger partial charge on any atom is 0.410 e. The van der Waals surface area contributed by atoms with E-state index in [0.29, 0.717) is 57.1 Å². The lowest BCUT2D eigenvalue weighted by Gasteiger charge is -2.39. The van der Waals surface area contributed by atoms with Crippen LogP contribution >= 0.6 is 0 Å². The fourth-order valence-corrected chi connectivity index (χ4v) is 5.87. The Balaban J connectivity index is 1.38. The van der Waals surface area contributed by atoms with E-state index in [4.69, 9.17) is 14.5 Å². The first-order valence-electron chi connectivity index (χ1n) is 15.2. The van der Waals surface area contributed by atoms with Crippen LogP contribution in [0.2, 0.25) is 0 Å². The molecule has 0 aliphatic carbocycles. The number of carbonyl (C=O) groups excluding carboxylic acids is 2. The molecule has 0 unspecified atom stereocenters. The summed E-state index contributed by atoms with van der Waals surface area (Å²) in [7, 11) is 2.12. The van der Waals surface area contributed by atoms with Gasteiger partial charge in [0.05, 0.1) is 17.9 Å². The lowest BCUT2D eigenvalue weighted by Crippen LogP contribution is -2.50. The molecule has 1 aromatic carbocycles. The molecular weight excluding hydrogens is 546 g/mol. The van der Waals surface area contributed by atoms with Gasteiger partial charge in [0.1, 0.15) is 29.7 Å². The van der Waals surface area contributed by atoms with E-state index >= 15 is 0 Å². The Morgan fingerprint density at radius 3 is 2.35 bits per heavy atom. The topological polar surface area (TPSA) is 114 Å². The minimum absolute atomic E-state index is 0.208. The number of nitriles is 1. The van der Waals surface area contributed by atoms with Crippen LogP contribution in [-0.2, 0) is 29.0 Å². The number of rotatable bonds is 5. The third-order valence-electron chi connectivity index (χ3n) is 8.21. The van der Waals surface area contributed by atoms with Gasteiger partial charge < -0.3 is 34.4 Å². The molecule has 1 N–H and O–H groups in total. The summed E-state index contributed by atoms with van der Waals surface area (Å²) in [6.45, 7) is 10.7. The molecule has 0 spiro atoms. The second kappa shape index (κ2) is 13.1. The number of pyridine rings is 1. The normalized spacial score (nSPS) is 18.1. The number of amides is 2. The van der Waals surface area contributed by atoms with Crippen molar-refractivity contribution in [3.63, 3.8) is 0 Å². The minimum Gasteiger partial charge on any atom is -0.445 e. The largest absolute Gasteiger partial charge is 0.445 e. The van der Waals surface area contributed by atoms with Gasteiger partial charge in [0, 0.05) is 44.3 Å². The summed E-state index contributed by atoms with van der Waals surface area (Å²) in [5.41, 5.74) is 3.54. The van der Waals surface area contributed by atoms with Crippen LogP contribution in [0.4, 0.5) is 21.1 Å². The SMILES string of the molecule is CN1CCC(Nc2nc3c(c(N4CCN(C(=O)OC(C)(C)C)CC4)c2C#N)CCN(C(=O)OCc2ccccc2)C3)CC1. The summed E-state index contributed by atoms with van der Waals surface area (Å²) >= 11 is 0. The highest BCUT2D eigenvalue weighted by Crippen LogP contribution is 2.36. The predicted molar refractivity (Wildman–Crippen MR) is 164 cm³/mol. The number of carbonyl (C=O) groups is 2. The Morgan fingerprint density at radius 1 is 1.00 bits per heavy atom. The molecule has 3 aliphatic heterocycles. The van der Waals surface area contributed by atoms with Crippen molar-refractivity contribution in [1.29, 1.82) is 5.26 Å². The van der Waals surface area contributed by atoms with E-state index in [0.717, 1.165) is 48.4 Å². The van der Waals surface area contributed by atoms with E-state index in [9.17, 15) is 14.9 Å². The Labute approximate surface area is 254 Å². The molecule has 0 bridgehead atoms. The van der Waals surface area contributed by atoms with Crippen LogP contribution in [0.3, 0.4) is 0 Å². The zero-order valence-electron chi connectivity index (χ0n) is 25.8. The van der Waals surface area contributed by atoms with Gasteiger partial charge in [-0.15, -0.1) is 0 Å². The molecule has 2 saturated heterocycles. The van der Waals surface area contributed by atoms with Crippen LogP contribution < -0.4 is 10.2 Å². The van der Waals surface area contributed by atoms with Gasteiger partial charge in [-0.05, 0) is 65.7 Å². The lowest BCUT2D eigenvalue weighted by atomic mass is 9.97. The quantitative estimate of drug-likeness (QED) is 0.548. The summed E-state index contributed by atoms with van der Waals surface area (Å²) < 4.78 is 11.2. The number of hydrogen-bond acceptors (Lipinski definition) is 9. The van der Waals surface area contributed by atoms with Gasteiger partial charge in [0.15, 0.2) is 0 Å². The monoisotopic (exact) mass is 589 g/mol. The first-order valence-corrected chi connectivity index (χ1v) is 15.2. The van der Waals surface area contributed by atoms with Gasteiger partial charge in [0.2, 0.25) is 0 Å². The number of anilines is 2. The summed E-state index contributed by atoms with van der Waals surface area (Å²) in [6, 6.07) is 12.3. The molecule has 4 heterocycles. The second-order valence-corrected chi connectivity index (χ2v) is 12.6. The van der Waals surface area contributed by atoms with Crippen molar-refractivity contribution in [2.75, 3.05) is 63.1 Å². The molecule has 43 heavy (non-hydrogen) atoms. The molecule has 0 radical (unpaired) electrons. The number of ether oxygens (including phenoxy) is 2. The van der Waals surface area contributed by atoms with Gasteiger partial charge in [-0.1, -0.05) is 30.3 Å². The molecule has 11 nitrogen and oxygen atoms in total. The van der Waals surface area contributed by atoms with E-state index in [1.165, 1.54) is 0 Å². The van der Waals surface area contributed by atoms with Crippen molar-refractivity contribution in [3.05, 3.63) is 52.7 Å². The summed E-state index contributed by atoms with van der Waals surface area (Å²) in [6.07, 6.45) is 1.79. The third kappa shape index (κ3) is 7.49. The highest BCUT2D eigenvalue weighted by molar-refractivity contribution is 5.76. The number of fused-ring (bicyclic) bond motifs is 1. The van der Waals surface area contributed by atoms with Gasteiger partial charge >= 0.3 is 12.2 Å². The van der Waals surface area contributed by atoms with E-state index in [2.05, 4.69) is 28.2 Å². The van der Waals surface area contributed by atoms with Crippen molar-refractivity contribution in [2.24, 2.45) is 0 Å². The van der Waals surface area contributed by atoms with E-state index in [-0.39, 0.29) is 24.8 Å². The Kier molecular flexibility index (Phi) is 9.25. The fourth-order valence-electron chi connectivity index (χ4n) is 5.87. The van der Waals surface area contributed by atoms with Crippen molar-refractivity contribution >= 4 is 23.7 Å². The van der Waals surface area contributed by atoms with Crippen LogP contribution in [0.5, 0.6) is 0 Å². The smallest absolute Gasteiger partial charge is 0.410 e. The number of nitrogens with one attached hydrogen (secondary N) is 1. The standard InChI is InChI=1S/C32H43N7O4/c1-32(2,3)43-31(41)38-18-16-37(17-19-38)28-25-12-15-39(30(40)42-22-23-8-6-5-7-9-23)21-27(25)35-29(26(28)20-33)34-24-10-13-36(4)14-11-24/h5-9,24H,10-19,21-22H2,1-4H3,(H,34,35). The maximum atomic E-state index is 13.1. The maximum absolute atomic E-state index is 13.1. The first kappa shape index (κ1) is 30.4. The number of likely N-dealkylation sites (tertiary alicyclic amines) is 1. The van der Waals surface area contributed by atoms with E-state index < -0.39 is 5.60 Å². The number of aromatic nitrogens is 1. The zero-order valence-corrected chi connectivity index (χ0v) is 25.8. The molecular formula is C32H43N7O4. The molecule has 2 amide bonds. The van der Waals surface area contributed by atoms with Crippen LogP contribution in [0, 0.1) is 11.3 Å².